The van der Waals surface area contributed by atoms with Gasteiger partial charge in [-0.05, 0) is 37.3 Å². The summed E-state index contributed by atoms with van der Waals surface area (Å²) in [6, 6.07) is 12.7. The molecule has 2 heterocycles. The van der Waals surface area contributed by atoms with Crippen molar-refractivity contribution in [2.24, 2.45) is 0 Å². The number of amides is 3. The Labute approximate surface area is 184 Å². The number of halogens is 1. The molecule has 2 aliphatic heterocycles. The average Bonchev–Trinajstić information content (AvgIpc) is 3.16. The van der Waals surface area contributed by atoms with Crippen molar-refractivity contribution in [2.45, 2.75) is 13.2 Å². The van der Waals surface area contributed by atoms with E-state index in [0.29, 0.717) is 29.5 Å². The zero-order valence-corrected chi connectivity index (χ0v) is 17.8. The molecule has 2 N–H and O–H groups in total. The quantitative estimate of drug-likeness (QED) is 0.681. The topological polar surface area (TPSA) is 94.2 Å². The molecule has 2 aromatic carbocycles. The lowest BCUT2D eigenvalue weighted by Crippen LogP contribution is -2.68. The highest BCUT2D eigenvalue weighted by molar-refractivity contribution is 6.35. The van der Waals surface area contributed by atoms with Crippen molar-refractivity contribution in [3.63, 3.8) is 0 Å². The number of carbonyl (C=O) groups is 3. The molecule has 3 amide bonds. The second-order valence-corrected chi connectivity index (χ2v) is 7.75. The first-order chi connectivity index (χ1) is 14.9. The minimum atomic E-state index is -0.782. The zero-order chi connectivity index (χ0) is 22.1. The lowest BCUT2D eigenvalue weighted by molar-refractivity contribution is -0.163. The third-order valence-corrected chi connectivity index (χ3v) is 5.47. The Bertz CT molecular complexity index is 1030. The van der Waals surface area contributed by atoms with Crippen LogP contribution in [0, 0.1) is 6.92 Å². The summed E-state index contributed by atoms with van der Waals surface area (Å²) in [5.74, 6) is -1.50. The molecule has 1 atom stereocenters. The van der Waals surface area contributed by atoms with Crippen LogP contribution in [0.5, 0.6) is 5.75 Å². The van der Waals surface area contributed by atoms with Gasteiger partial charge in [-0.1, -0.05) is 29.3 Å². The number of ether oxygens (including phenoxy) is 1. The van der Waals surface area contributed by atoms with Gasteiger partial charge in [0.2, 0.25) is 5.91 Å². The monoisotopic (exact) mass is 443 g/mol. The van der Waals surface area contributed by atoms with E-state index in [0.717, 1.165) is 16.3 Å². The number of fused-ring (bicyclic) bond motifs is 1. The highest BCUT2D eigenvalue weighted by atomic mass is 35.5. The molecular formula is C21H22ClN5O4. The molecule has 0 radical (unpaired) electrons. The minimum absolute atomic E-state index is 0.355. The molecule has 4 rings (SSSR count). The van der Waals surface area contributed by atoms with Gasteiger partial charge in [0, 0.05) is 23.8 Å². The molecule has 0 spiro atoms. The van der Waals surface area contributed by atoms with Crippen LogP contribution in [0.4, 0.5) is 11.4 Å². The fraction of sp³-hybridized carbons (Fsp3) is 0.286. The third-order valence-electron chi connectivity index (χ3n) is 5.24. The standard InChI is InChI=1S/C21H22ClN5O4/c1-13-3-6-15(7-4-13)25-9-10-26-19(29)20(30)27(24-21(25)26)12-18(28)23-16-11-14(22)5-8-17(16)31-2/h3-8,11,21,24H,9-10,12H2,1-2H3,(H,23,28). The number of nitrogens with one attached hydrogen (secondary N) is 2. The van der Waals surface area contributed by atoms with Gasteiger partial charge in [0.25, 0.3) is 0 Å². The molecule has 0 aliphatic carbocycles. The molecule has 2 aliphatic rings. The Balaban J connectivity index is 1.49. The average molecular weight is 444 g/mol. The molecule has 0 saturated carbocycles. The first-order valence-corrected chi connectivity index (χ1v) is 10.1. The number of benzene rings is 2. The van der Waals surface area contributed by atoms with Crippen LogP contribution in [-0.4, -0.2) is 60.7 Å². The summed E-state index contributed by atoms with van der Waals surface area (Å²) in [6.07, 6.45) is -0.554. The number of methoxy groups -OCH3 is 1. The van der Waals surface area contributed by atoms with Crippen LogP contribution in [0.1, 0.15) is 5.56 Å². The molecule has 0 bridgehead atoms. The van der Waals surface area contributed by atoms with Crippen molar-refractivity contribution in [1.82, 2.24) is 15.3 Å². The van der Waals surface area contributed by atoms with Gasteiger partial charge in [-0.3, -0.25) is 24.3 Å². The van der Waals surface area contributed by atoms with Gasteiger partial charge in [0.1, 0.15) is 12.3 Å². The lowest BCUT2D eigenvalue weighted by atomic mass is 10.2. The van der Waals surface area contributed by atoms with Gasteiger partial charge < -0.3 is 15.0 Å². The molecule has 9 nitrogen and oxygen atoms in total. The van der Waals surface area contributed by atoms with Gasteiger partial charge >= 0.3 is 11.8 Å². The fourth-order valence-electron chi connectivity index (χ4n) is 3.65. The van der Waals surface area contributed by atoms with E-state index >= 15 is 0 Å². The normalized spacial score (nSPS) is 18.3. The van der Waals surface area contributed by atoms with E-state index in [-0.39, 0.29) is 6.54 Å². The zero-order valence-electron chi connectivity index (χ0n) is 17.1. The van der Waals surface area contributed by atoms with Crippen LogP contribution in [0.3, 0.4) is 0 Å². The van der Waals surface area contributed by atoms with Crippen LogP contribution < -0.4 is 20.4 Å². The van der Waals surface area contributed by atoms with Crippen molar-refractivity contribution in [2.75, 3.05) is 37.0 Å². The van der Waals surface area contributed by atoms with E-state index in [1.807, 2.05) is 36.1 Å². The number of rotatable bonds is 5. The summed E-state index contributed by atoms with van der Waals surface area (Å²) < 4.78 is 5.22. The van der Waals surface area contributed by atoms with Gasteiger partial charge in [-0.2, -0.15) is 5.43 Å². The van der Waals surface area contributed by atoms with E-state index < -0.39 is 24.0 Å². The Hall–Kier alpha value is -3.30. The predicted molar refractivity (Wildman–Crippen MR) is 116 cm³/mol. The van der Waals surface area contributed by atoms with Crippen LogP contribution in [-0.2, 0) is 14.4 Å². The molecule has 31 heavy (non-hydrogen) atoms. The molecule has 10 heteroatoms. The molecular weight excluding hydrogens is 422 g/mol. The maximum absolute atomic E-state index is 12.6. The van der Waals surface area contributed by atoms with Crippen molar-refractivity contribution in [1.29, 1.82) is 0 Å². The molecule has 2 aromatic rings. The number of hydrogen-bond donors (Lipinski definition) is 2. The lowest BCUT2D eigenvalue weighted by Gasteiger charge is -2.40. The van der Waals surface area contributed by atoms with E-state index in [9.17, 15) is 14.4 Å². The Kier molecular flexibility index (Phi) is 5.71. The number of nitrogens with zero attached hydrogens (tertiary/aromatic N) is 3. The summed E-state index contributed by atoms with van der Waals surface area (Å²) >= 11 is 6.00. The third kappa shape index (κ3) is 4.14. The van der Waals surface area contributed by atoms with Gasteiger partial charge in [-0.25, -0.2) is 0 Å². The largest absolute Gasteiger partial charge is 0.495 e. The molecule has 162 valence electrons. The highest BCUT2D eigenvalue weighted by Gasteiger charge is 2.45. The van der Waals surface area contributed by atoms with Crippen molar-refractivity contribution >= 4 is 40.7 Å². The molecule has 2 saturated heterocycles. The predicted octanol–water partition coefficient (Wildman–Crippen LogP) is 1.57. The van der Waals surface area contributed by atoms with Crippen LogP contribution in [0.25, 0.3) is 0 Å². The van der Waals surface area contributed by atoms with Crippen molar-refractivity contribution < 1.29 is 19.1 Å². The van der Waals surface area contributed by atoms with Crippen LogP contribution >= 0.6 is 11.6 Å². The highest BCUT2D eigenvalue weighted by Crippen LogP contribution is 2.28. The Morgan fingerprint density at radius 3 is 2.55 bits per heavy atom. The van der Waals surface area contributed by atoms with Gasteiger partial charge in [0.15, 0.2) is 6.29 Å². The van der Waals surface area contributed by atoms with Crippen LogP contribution in [0.2, 0.25) is 5.02 Å². The fourth-order valence-corrected chi connectivity index (χ4v) is 3.82. The number of carbonyl (C=O) groups excluding carboxylic acids is 3. The van der Waals surface area contributed by atoms with Crippen molar-refractivity contribution in [3.05, 3.63) is 53.1 Å². The second kappa shape index (κ2) is 8.44. The summed E-state index contributed by atoms with van der Waals surface area (Å²) in [5.41, 5.74) is 5.43. The molecule has 2 fully saturated rings. The van der Waals surface area contributed by atoms with Gasteiger partial charge in [0.05, 0.1) is 12.8 Å². The Morgan fingerprint density at radius 1 is 1.13 bits per heavy atom. The maximum Gasteiger partial charge on any atom is 0.326 e. The first kappa shape index (κ1) is 21.0. The summed E-state index contributed by atoms with van der Waals surface area (Å²) in [5, 5.41) is 4.14. The van der Waals surface area contributed by atoms with E-state index in [1.54, 1.807) is 18.2 Å². The van der Waals surface area contributed by atoms with E-state index in [2.05, 4.69) is 10.7 Å². The van der Waals surface area contributed by atoms with Gasteiger partial charge in [-0.15, -0.1) is 0 Å². The molecule has 1 unspecified atom stereocenters. The maximum atomic E-state index is 12.6. The molecule has 0 aromatic heterocycles. The summed E-state index contributed by atoms with van der Waals surface area (Å²) in [6.45, 7) is 2.62. The van der Waals surface area contributed by atoms with E-state index in [1.165, 1.54) is 12.0 Å². The first-order valence-electron chi connectivity index (χ1n) is 9.72. The summed E-state index contributed by atoms with van der Waals surface area (Å²) in [7, 11) is 1.47. The summed E-state index contributed by atoms with van der Waals surface area (Å²) in [4.78, 5) is 41.2. The SMILES string of the molecule is COc1ccc(Cl)cc1NC(=O)CN1NC2N(CCN2c2ccc(C)cc2)C(=O)C1=O. The minimum Gasteiger partial charge on any atom is -0.495 e. The number of hydrazine groups is 1. The number of aryl methyl sites for hydroxylation is 1. The van der Waals surface area contributed by atoms with E-state index in [4.69, 9.17) is 16.3 Å². The number of hydrogen-bond acceptors (Lipinski definition) is 6. The smallest absolute Gasteiger partial charge is 0.326 e. The van der Waals surface area contributed by atoms with Crippen molar-refractivity contribution in [3.8, 4) is 5.75 Å². The number of anilines is 2. The second-order valence-electron chi connectivity index (χ2n) is 7.31. The Morgan fingerprint density at radius 2 is 1.84 bits per heavy atom. The van der Waals surface area contributed by atoms with Crippen LogP contribution in [0.15, 0.2) is 42.5 Å².